The van der Waals surface area contributed by atoms with Crippen molar-refractivity contribution < 1.29 is 14.3 Å². The normalized spacial score (nSPS) is 10.8. The highest BCUT2D eigenvalue weighted by atomic mass is 32.2. The number of amides is 2. The van der Waals surface area contributed by atoms with Crippen LogP contribution in [-0.2, 0) is 17.8 Å². The van der Waals surface area contributed by atoms with E-state index in [0.29, 0.717) is 22.3 Å². The molecule has 2 heterocycles. The number of benzene rings is 2. The lowest BCUT2D eigenvalue weighted by molar-refractivity contribution is -0.113. The van der Waals surface area contributed by atoms with E-state index in [-0.39, 0.29) is 24.1 Å². The predicted molar refractivity (Wildman–Crippen MR) is 143 cm³/mol. The molecule has 2 aromatic carbocycles. The number of aryl methyl sites for hydroxylation is 2. The number of methoxy groups -OCH3 is 1. The Morgan fingerprint density at radius 3 is 2.58 bits per heavy atom. The largest absolute Gasteiger partial charge is 0.497 e. The first-order chi connectivity index (χ1) is 17.5. The maximum atomic E-state index is 12.8. The average Bonchev–Trinajstić information content (AvgIpc) is 3.55. The van der Waals surface area contributed by atoms with E-state index in [1.165, 1.54) is 23.1 Å². The minimum absolute atomic E-state index is 0.119. The van der Waals surface area contributed by atoms with Crippen LogP contribution in [-0.4, -0.2) is 39.4 Å². The van der Waals surface area contributed by atoms with Gasteiger partial charge in [0.1, 0.15) is 5.75 Å². The summed E-state index contributed by atoms with van der Waals surface area (Å²) in [5.74, 6) is 1.11. The van der Waals surface area contributed by atoms with Crippen molar-refractivity contribution in [3.05, 3.63) is 82.5 Å². The minimum atomic E-state index is -0.225. The summed E-state index contributed by atoms with van der Waals surface area (Å²) in [6, 6.07) is 16.8. The van der Waals surface area contributed by atoms with Gasteiger partial charge in [-0.25, -0.2) is 0 Å². The number of aromatic nitrogens is 3. The molecule has 2 N–H and O–H groups in total. The van der Waals surface area contributed by atoms with Crippen LogP contribution >= 0.6 is 23.1 Å². The van der Waals surface area contributed by atoms with Gasteiger partial charge in [0.05, 0.1) is 30.1 Å². The SMILES string of the molecule is CCc1cccc(C)c1-n1c(CNC(=O)c2ccc(OC)cc2)nnc1SCC(=O)Nc1cccs1. The van der Waals surface area contributed by atoms with Gasteiger partial charge in [0.25, 0.3) is 5.91 Å². The molecule has 10 heteroatoms. The number of thiophene rings is 1. The zero-order valence-electron chi connectivity index (χ0n) is 20.3. The third kappa shape index (κ3) is 5.95. The summed E-state index contributed by atoms with van der Waals surface area (Å²) < 4.78 is 7.11. The van der Waals surface area contributed by atoms with E-state index >= 15 is 0 Å². The summed E-state index contributed by atoms with van der Waals surface area (Å²) >= 11 is 2.78. The fourth-order valence-electron chi connectivity index (χ4n) is 3.71. The highest BCUT2D eigenvalue weighted by Gasteiger charge is 2.20. The maximum Gasteiger partial charge on any atom is 0.251 e. The summed E-state index contributed by atoms with van der Waals surface area (Å²) in [5, 5.41) is 17.9. The van der Waals surface area contributed by atoms with Gasteiger partial charge in [-0.2, -0.15) is 0 Å². The van der Waals surface area contributed by atoms with Crippen LogP contribution in [0.3, 0.4) is 0 Å². The van der Waals surface area contributed by atoms with Gasteiger partial charge < -0.3 is 15.4 Å². The van der Waals surface area contributed by atoms with Gasteiger partial charge in [0.2, 0.25) is 5.91 Å². The number of ether oxygens (including phenoxy) is 1. The quantitative estimate of drug-likeness (QED) is 0.289. The van der Waals surface area contributed by atoms with E-state index in [2.05, 4.69) is 33.8 Å². The summed E-state index contributed by atoms with van der Waals surface area (Å²) in [6.07, 6.45) is 0.815. The highest BCUT2D eigenvalue weighted by molar-refractivity contribution is 7.99. The second-order valence-corrected chi connectivity index (χ2v) is 9.79. The van der Waals surface area contributed by atoms with E-state index < -0.39 is 0 Å². The average molecular weight is 522 g/mol. The van der Waals surface area contributed by atoms with Crippen LogP contribution in [0.15, 0.2) is 65.1 Å². The van der Waals surface area contributed by atoms with Crippen LogP contribution in [0.1, 0.15) is 34.2 Å². The topological polar surface area (TPSA) is 98.1 Å². The number of nitrogens with zero attached hydrogens (tertiary/aromatic N) is 3. The van der Waals surface area contributed by atoms with Gasteiger partial charge in [-0.1, -0.05) is 36.9 Å². The molecular weight excluding hydrogens is 494 g/mol. The molecule has 2 aromatic heterocycles. The predicted octanol–water partition coefficient (Wildman–Crippen LogP) is 4.87. The summed E-state index contributed by atoms with van der Waals surface area (Å²) in [6.45, 7) is 4.30. The van der Waals surface area contributed by atoms with E-state index in [1.807, 2.05) is 41.1 Å². The molecule has 186 valence electrons. The van der Waals surface area contributed by atoms with Gasteiger partial charge in [0, 0.05) is 5.56 Å². The van der Waals surface area contributed by atoms with E-state index in [0.717, 1.165) is 28.2 Å². The first kappa shape index (κ1) is 25.5. The standard InChI is InChI=1S/C26H27N5O3S2/c1-4-18-8-5-7-17(2)24(18)31-21(15-27-25(33)19-10-12-20(34-3)13-11-19)29-30-26(31)36-16-22(32)28-23-9-6-14-35-23/h5-14H,4,15-16H2,1-3H3,(H,27,33)(H,28,32). The summed E-state index contributed by atoms with van der Waals surface area (Å²) in [4.78, 5) is 25.3. The smallest absolute Gasteiger partial charge is 0.251 e. The zero-order valence-corrected chi connectivity index (χ0v) is 21.9. The Bertz CT molecular complexity index is 1330. The van der Waals surface area contributed by atoms with E-state index in [4.69, 9.17) is 4.74 Å². The fourth-order valence-corrected chi connectivity index (χ4v) is 5.11. The second-order valence-electron chi connectivity index (χ2n) is 7.90. The Morgan fingerprint density at radius 1 is 1.08 bits per heavy atom. The lowest BCUT2D eigenvalue weighted by Crippen LogP contribution is -2.25. The molecule has 0 spiro atoms. The monoisotopic (exact) mass is 521 g/mol. The van der Waals surface area contributed by atoms with Crippen LogP contribution in [0.2, 0.25) is 0 Å². The van der Waals surface area contributed by atoms with Gasteiger partial charge in [0.15, 0.2) is 11.0 Å². The number of thioether (sulfide) groups is 1. The molecule has 0 saturated carbocycles. The molecule has 4 rings (SSSR count). The van der Waals surface area contributed by atoms with Crippen molar-refractivity contribution in [2.45, 2.75) is 32.0 Å². The van der Waals surface area contributed by atoms with Crippen molar-refractivity contribution >= 4 is 39.9 Å². The van der Waals surface area contributed by atoms with E-state index in [1.54, 1.807) is 31.4 Å². The molecule has 0 aliphatic heterocycles. The first-order valence-corrected chi connectivity index (χ1v) is 13.3. The number of carbonyl (C=O) groups is 2. The molecule has 8 nitrogen and oxygen atoms in total. The van der Waals surface area contributed by atoms with Crippen LogP contribution < -0.4 is 15.4 Å². The molecule has 0 radical (unpaired) electrons. The van der Waals surface area contributed by atoms with Crippen molar-refractivity contribution in [2.75, 3.05) is 18.2 Å². The van der Waals surface area contributed by atoms with Crippen LogP contribution in [0.25, 0.3) is 5.69 Å². The summed E-state index contributed by atoms with van der Waals surface area (Å²) in [7, 11) is 1.58. The molecule has 0 aliphatic carbocycles. The van der Waals surface area contributed by atoms with Gasteiger partial charge in [-0.3, -0.25) is 14.2 Å². The molecule has 0 atom stereocenters. The number of para-hydroxylation sites is 1. The third-order valence-corrected chi connectivity index (χ3v) is 7.22. The molecular formula is C26H27N5O3S2. The number of hydrogen-bond donors (Lipinski definition) is 2. The minimum Gasteiger partial charge on any atom is -0.497 e. The van der Waals surface area contributed by atoms with Crippen molar-refractivity contribution in [2.24, 2.45) is 0 Å². The number of hydrogen-bond acceptors (Lipinski definition) is 7. The number of anilines is 1. The van der Waals surface area contributed by atoms with Gasteiger partial charge >= 0.3 is 0 Å². The summed E-state index contributed by atoms with van der Waals surface area (Å²) in [5.41, 5.74) is 3.68. The zero-order chi connectivity index (χ0) is 25.5. The molecule has 36 heavy (non-hydrogen) atoms. The van der Waals surface area contributed by atoms with E-state index in [9.17, 15) is 9.59 Å². The maximum absolute atomic E-state index is 12.8. The van der Waals surface area contributed by atoms with Crippen LogP contribution in [0.5, 0.6) is 5.75 Å². The molecule has 0 fully saturated rings. The molecule has 0 unspecified atom stereocenters. The first-order valence-electron chi connectivity index (χ1n) is 11.4. The molecule has 2 amide bonds. The lowest BCUT2D eigenvalue weighted by Gasteiger charge is -2.17. The van der Waals surface area contributed by atoms with Gasteiger partial charge in [-0.05, 0) is 66.2 Å². The van der Waals surface area contributed by atoms with Crippen molar-refractivity contribution in [1.82, 2.24) is 20.1 Å². The Hall–Kier alpha value is -3.63. The van der Waals surface area contributed by atoms with Crippen LogP contribution in [0, 0.1) is 6.92 Å². The number of rotatable bonds is 10. The van der Waals surface area contributed by atoms with Crippen LogP contribution in [0.4, 0.5) is 5.00 Å². The Labute approximate surface area is 218 Å². The fraction of sp³-hybridized carbons (Fsp3) is 0.231. The molecule has 0 aliphatic rings. The lowest BCUT2D eigenvalue weighted by atomic mass is 10.1. The Balaban J connectivity index is 1.57. The molecule has 4 aromatic rings. The third-order valence-electron chi connectivity index (χ3n) is 5.50. The van der Waals surface area contributed by atoms with Crippen molar-refractivity contribution in [3.63, 3.8) is 0 Å². The second kappa shape index (κ2) is 11.9. The molecule has 0 saturated heterocycles. The highest BCUT2D eigenvalue weighted by Crippen LogP contribution is 2.28. The Kier molecular flexibility index (Phi) is 8.40. The van der Waals surface area contributed by atoms with Gasteiger partial charge in [-0.15, -0.1) is 21.5 Å². The number of nitrogens with one attached hydrogen (secondary N) is 2. The number of carbonyl (C=O) groups excluding carboxylic acids is 2. The molecule has 0 bridgehead atoms. The van der Waals surface area contributed by atoms with Crippen molar-refractivity contribution in [3.8, 4) is 11.4 Å². The Morgan fingerprint density at radius 2 is 1.89 bits per heavy atom. The van der Waals surface area contributed by atoms with Crippen molar-refractivity contribution in [1.29, 1.82) is 0 Å².